The zero-order valence-corrected chi connectivity index (χ0v) is 11.1. The van der Waals surface area contributed by atoms with Gasteiger partial charge in [-0.3, -0.25) is 9.59 Å². The van der Waals surface area contributed by atoms with Crippen LogP contribution in [-0.4, -0.2) is 25.0 Å². The van der Waals surface area contributed by atoms with Crippen LogP contribution in [0.15, 0.2) is 18.2 Å². The number of esters is 1. The number of amides is 1. The van der Waals surface area contributed by atoms with Gasteiger partial charge in [-0.05, 0) is 19.1 Å². The molecule has 1 aromatic rings. The molecule has 0 aromatic heterocycles. The summed E-state index contributed by atoms with van der Waals surface area (Å²) in [6, 6.07) is 2.42. The number of halogens is 4. The molecule has 1 rings (SSSR count). The molecule has 0 aliphatic rings. The lowest BCUT2D eigenvalue weighted by atomic mass is 10.1. The van der Waals surface area contributed by atoms with Crippen molar-refractivity contribution in [1.29, 1.82) is 0 Å². The van der Waals surface area contributed by atoms with Crippen molar-refractivity contribution < 1.29 is 31.9 Å². The van der Waals surface area contributed by atoms with Crippen LogP contribution in [0.5, 0.6) is 0 Å². The van der Waals surface area contributed by atoms with Gasteiger partial charge in [-0.25, -0.2) is 4.39 Å². The monoisotopic (exact) mass is 307 g/mol. The fourth-order valence-corrected chi connectivity index (χ4v) is 1.53. The Morgan fingerprint density at radius 1 is 1.29 bits per heavy atom. The van der Waals surface area contributed by atoms with Crippen LogP contribution in [0, 0.1) is 5.82 Å². The van der Waals surface area contributed by atoms with Gasteiger partial charge in [0.25, 0.3) is 5.91 Å². The van der Waals surface area contributed by atoms with Crippen LogP contribution in [0.25, 0.3) is 0 Å². The second-order valence-corrected chi connectivity index (χ2v) is 3.98. The fraction of sp³-hybridized carbons (Fsp3) is 0.385. The molecule has 0 aliphatic carbocycles. The van der Waals surface area contributed by atoms with E-state index in [1.165, 1.54) is 0 Å². The van der Waals surface area contributed by atoms with Crippen LogP contribution in [0.4, 0.5) is 17.6 Å². The molecule has 0 radical (unpaired) electrons. The molecule has 0 atom stereocenters. The summed E-state index contributed by atoms with van der Waals surface area (Å²) in [5.74, 6) is -3.23. The summed E-state index contributed by atoms with van der Waals surface area (Å²) in [4.78, 5) is 22.6. The molecule has 116 valence electrons. The van der Waals surface area contributed by atoms with Gasteiger partial charge in [-0.2, -0.15) is 13.2 Å². The Balaban J connectivity index is 2.73. The third-order valence-electron chi connectivity index (χ3n) is 2.47. The summed E-state index contributed by atoms with van der Waals surface area (Å²) in [7, 11) is 0. The minimum absolute atomic E-state index is 0.153. The highest BCUT2D eigenvalue weighted by Crippen LogP contribution is 2.32. The van der Waals surface area contributed by atoms with Crippen molar-refractivity contribution in [1.82, 2.24) is 5.32 Å². The predicted molar refractivity (Wildman–Crippen MR) is 65.0 cm³/mol. The van der Waals surface area contributed by atoms with Gasteiger partial charge in [0.05, 0.1) is 24.2 Å². The molecule has 0 saturated heterocycles. The number of carbonyl (C=O) groups is 2. The van der Waals surface area contributed by atoms with E-state index in [2.05, 4.69) is 10.1 Å². The smallest absolute Gasteiger partial charge is 0.419 e. The Bertz CT molecular complexity index is 529. The molecule has 0 spiro atoms. The molecule has 1 aromatic carbocycles. The van der Waals surface area contributed by atoms with Crippen molar-refractivity contribution in [3.8, 4) is 0 Å². The highest BCUT2D eigenvalue weighted by Gasteiger charge is 2.35. The molecule has 0 fully saturated rings. The Labute approximate surface area is 118 Å². The second-order valence-electron chi connectivity index (χ2n) is 3.98. The molecule has 1 N–H and O–H groups in total. The number of alkyl halides is 3. The van der Waals surface area contributed by atoms with Crippen molar-refractivity contribution in [2.75, 3.05) is 13.2 Å². The number of ether oxygens (including phenoxy) is 1. The maximum atomic E-state index is 13.7. The lowest BCUT2D eigenvalue weighted by Gasteiger charge is -2.11. The summed E-state index contributed by atoms with van der Waals surface area (Å²) in [6.45, 7) is 1.62. The minimum Gasteiger partial charge on any atom is -0.466 e. The maximum Gasteiger partial charge on any atom is 0.419 e. The average Bonchev–Trinajstić information content (AvgIpc) is 2.37. The summed E-state index contributed by atoms with van der Waals surface area (Å²) in [5.41, 5.74) is -2.24. The molecule has 8 heteroatoms. The van der Waals surface area contributed by atoms with Gasteiger partial charge in [-0.1, -0.05) is 6.07 Å². The van der Waals surface area contributed by atoms with E-state index in [1.807, 2.05) is 0 Å². The third-order valence-corrected chi connectivity index (χ3v) is 2.47. The van der Waals surface area contributed by atoms with Gasteiger partial charge in [0.15, 0.2) is 0 Å². The average molecular weight is 307 g/mol. The van der Waals surface area contributed by atoms with E-state index >= 15 is 0 Å². The topological polar surface area (TPSA) is 55.4 Å². The summed E-state index contributed by atoms with van der Waals surface area (Å²) in [5, 5.41) is 2.16. The first kappa shape index (κ1) is 16.9. The van der Waals surface area contributed by atoms with Crippen LogP contribution < -0.4 is 5.32 Å². The quantitative estimate of drug-likeness (QED) is 0.672. The van der Waals surface area contributed by atoms with Gasteiger partial charge in [0, 0.05) is 6.54 Å². The van der Waals surface area contributed by atoms with Gasteiger partial charge in [-0.15, -0.1) is 0 Å². The second kappa shape index (κ2) is 7.05. The number of hydrogen-bond donors (Lipinski definition) is 1. The maximum absolute atomic E-state index is 13.7. The van der Waals surface area contributed by atoms with Crippen LogP contribution >= 0.6 is 0 Å². The predicted octanol–water partition coefficient (Wildman–Crippen LogP) is 2.53. The molecular formula is C13H13F4NO3. The van der Waals surface area contributed by atoms with Gasteiger partial charge in [0.2, 0.25) is 0 Å². The number of hydrogen-bond acceptors (Lipinski definition) is 3. The fourth-order valence-electron chi connectivity index (χ4n) is 1.53. The zero-order chi connectivity index (χ0) is 16.0. The molecule has 0 saturated carbocycles. The normalized spacial score (nSPS) is 11.1. The third kappa shape index (κ3) is 4.73. The van der Waals surface area contributed by atoms with Crippen LogP contribution in [-0.2, 0) is 15.7 Å². The number of rotatable bonds is 5. The van der Waals surface area contributed by atoms with Crippen molar-refractivity contribution in [3.05, 3.63) is 35.1 Å². The lowest BCUT2D eigenvalue weighted by molar-refractivity contribution is -0.143. The lowest BCUT2D eigenvalue weighted by Crippen LogP contribution is -2.28. The Morgan fingerprint density at radius 3 is 2.52 bits per heavy atom. The summed E-state index contributed by atoms with van der Waals surface area (Å²) < 4.78 is 55.8. The SMILES string of the molecule is CCOC(=O)CCNC(=O)c1cccc(C(F)(F)F)c1F. The van der Waals surface area contributed by atoms with Crippen molar-refractivity contribution >= 4 is 11.9 Å². The van der Waals surface area contributed by atoms with Crippen LogP contribution in [0.1, 0.15) is 29.3 Å². The van der Waals surface area contributed by atoms with Gasteiger partial charge in [0.1, 0.15) is 5.82 Å². The van der Waals surface area contributed by atoms with E-state index in [-0.39, 0.29) is 19.6 Å². The van der Waals surface area contributed by atoms with E-state index in [0.29, 0.717) is 6.07 Å². The number of benzene rings is 1. The van der Waals surface area contributed by atoms with Gasteiger partial charge < -0.3 is 10.1 Å². The van der Waals surface area contributed by atoms with E-state index in [1.54, 1.807) is 6.92 Å². The molecule has 0 unspecified atom stereocenters. The minimum atomic E-state index is -4.88. The molecule has 0 aliphatic heterocycles. The molecular weight excluding hydrogens is 294 g/mol. The Morgan fingerprint density at radius 2 is 1.95 bits per heavy atom. The standard InChI is InChI=1S/C13H13F4NO3/c1-2-21-10(19)6-7-18-12(20)8-4-3-5-9(11(8)14)13(15,16)17/h3-5H,2,6-7H2,1H3,(H,18,20). The van der Waals surface area contributed by atoms with E-state index < -0.39 is 35.0 Å². The van der Waals surface area contributed by atoms with Crippen molar-refractivity contribution in [2.24, 2.45) is 0 Å². The first-order valence-corrected chi connectivity index (χ1v) is 6.07. The molecule has 0 bridgehead atoms. The number of nitrogens with one attached hydrogen (secondary N) is 1. The molecule has 4 nitrogen and oxygen atoms in total. The van der Waals surface area contributed by atoms with E-state index in [0.717, 1.165) is 12.1 Å². The highest BCUT2D eigenvalue weighted by atomic mass is 19.4. The van der Waals surface area contributed by atoms with Crippen molar-refractivity contribution in [3.63, 3.8) is 0 Å². The van der Waals surface area contributed by atoms with Crippen molar-refractivity contribution in [2.45, 2.75) is 19.5 Å². The van der Waals surface area contributed by atoms with Crippen LogP contribution in [0.3, 0.4) is 0 Å². The first-order chi connectivity index (χ1) is 9.77. The molecule has 21 heavy (non-hydrogen) atoms. The first-order valence-electron chi connectivity index (χ1n) is 6.07. The van der Waals surface area contributed by atoms with Crippen LogP contribution in [0.2, 0.25) is 0 Å². The Hall–Kier alpha value is -2.12. The summed E-state index contributed by atoms with van der Waals surface area (Å²) in [6.07, 6.45) is -5.04. The van der Waals surface area contributed by atoms with Gasteiger partial charge >= 0.3 is 12.1 Å². The summed E-state index contributed by atoms with van der Waals surface area (Å²) >= 11 is 0. The van der Waals surface area contributed by atoms with E-state index in [4.69, 9.17) is 0 Å². The van der Waals surface area contributed by atoms with E-state index in [9.17, 15) is 27.2 Å². The highest BCUT2D eigenvalue weighted by molar-refractivity contribution is 5.94. The Kier molecular flexibility index (Phi) is 5.69. The molecule has 0 heterocycles. The number of carbonyl (C=O) groups excluding carboxylic acids is 2. The zero-order valence-electron chi connectivity index (χ0n) is 11.1. The largest absolute Gasteiger partial charge is 0.466 e. The molecule has 1 amide bonds.